The molecule has 1 aliphatic rings. The highest BCUT2D eigenvalue weighted by Crippen LogP contribution is 2.29. The summed E-state index contributed by atoms with van der Waals surface area (Å²) in [5.74, 6) is 0.240. The Balaban J connectivity index is 2.24. The summed E-state index contributed by atoms with van der Waals surface area (Å²) in [7, 11) is 0. The Hall–Kier alpha value is -2.13. The van der Waals surface area contributed by atoms with E-state index in [1.165, 1.54) is 12.1 Å². The first-order chi connectivity index (χ1) is 8.15. The third-order valence-electron chi connectivity index (χ3n) is 2.88. The van der Waals surface area contributed by atoms with Gasteiger partial charge >= 0.3 is 0 Å². The zero-order valence-electron chi connectivity index (χ0n) is 9.04. The molecule has 1 N–H and O–H groups in total. The first-order valence-corrected chi connectivity index (χ1v) is 5.20. The van der Waals surface area contributed by atoms with Crippen LogP contribution >= 0.6 is 0 Å². The Kier molecular flexibility index (Phi) is 2.93. The number of nitro groups is 1. The Morgan fingerprint density at radius 2 is 2.29 bits per heavy atom. The molecule has 1 saturated heterocycles. The molecule has 0 spiro atoms. The molecule has 2 rings (SSSR count). The minimum Gasteiger partial charge on any atom is -0.396 e. The van der Waals surface area contributed by atoms with E-state index >= 15 is 0 Å². The van der Waals surface area contributed by atoms with E-state index in [4.69, 9.17) is 10.4 Å². The van der Waals surface area contributed by atoms with Gasteiger partial charge in [-0.2, -0.15) is 5.26 Å². The van der Waals surface area contributed by atoms with Crippen LogP contribution in [0.15, 0.2) is 18.2 Å². The van der Waals surface area contributed by atoms with Gasteiger partial charge in [-0.3, -0.25) is 10.1 Å². The third kappa shape index (κ3) is 2.05. The molecule has 1 aromatic rings. The van der Waals surface area contributed by atoms with Gasteiger partial charge in [0.05, 0.1) is 4.92 Å². The van der Waals surface area contributed by atoms with Gasteiger partial charge < -0.3 is 10.0 Å². The van der Waals surface area contributed by atoms with Gasteiger partial charge in [0.25, 0.3) is 5.69 Å². The average Bonchev–Trinajstić information content (AvgIpc) is 2.27. The topological polar surface area (TPSA) is 90.4 Å². The molecule has 1 fully saturated rings. The monoisotopic (exact) mass is 233 g/mol. The lowest BCUT2D eigenvalue weighted by Crippen LogP contribution is -2.48. The van der Waals surface area contributed by atoms with Crippen molar-refractivity contribution in [3.05, 3.63) is 33.9 Å². The third-order valence-corrected chi connectivity index (χ3v) is 2.88. The molecular weight excluding hydrogens is 222 g/mol. The summed E-state index contributed by atoms with van der Waals surface area (Å²) < 4.78 is 0. The first-order valence-electron chi connectivity index (χ1n) is 5.20. The number of aliphatic hydroxyl groups excluding tert-OH is 1. The largest absolute Gasteiger partial charge is 0.396 e. The standard InChI is InChI=1S/C11H11N3O3/c12-4-9-1-2-10(3-11(9)14(16)17)13-5-8(6-13)7-15/h1-3,8,15H,5-7H2. The molecule has 0 saturated carbocycles. The molecule has 1 heterocycles. The van der Waals surface area contributed by atoms with Crippen molar-refractivity contribution in [2.24, 2.45) is 5.92 Å². The van der Waals surface area contributed by atoms with Gasteiger partial charge in [0.15, 0.2) is 0 Å². The second-order valence-electron chi connectivity index (χ2n) is 4.02. The fourth-order valence-electron chi connectivity index (χ4n) is 1.86. The number of nitro benzene ring substituents is 1. The van der Waals surface area contributed by atoms with Crippen molar-refractivity contribution >= 4 is 11.4 Å². The Bertz CT molecular complexity index is 489. The Morgan fingerprint density at radius 3 is 2.82 bits per heavy atom. The zero-order chi connectivity index (χ0) is 12.4. The molecule has 1 aromatic carbocycles. The van der Waals surface area contributed by atoms with Crippen molar-refractivity contribution in [2.45, 2.75) is 0 Å². The van der Waals surface area contributed by atoms with Crippen molar-refractivity contribution in [1.82, 2.24) is 0 Å². The van der Waals surface area contributed by atoms with E-state index in [-0.39, 0.29) is 23.8 Å². The molecule has 0 bridgehead atoms. The van der Waals surface area contributed by atoms with E-state index in [0.29, 0.717) is 13.1 Å². The van der Waals surface area contributed by atoms with Crippen LogP contribution in [0.25, 0.3) is 0 Å². The van der Waals surface area contributed by atoms with Crippen molar-refractivity contribution < 1.29 is 10.0 Å². The molecule has 1 aliphatic heterocycles. The minimum atomic E-state index is -0.550. The highest BCUT2D eigenvalue weighted by atomic mass is 16.6. The minimum absolute atomic E-state index is 0.0676. The molecule has 88 valence electrons. The number of rotatable bonds is 3. The molecule has 6 nitrogen and oxygen atoms in total. The fourth-order valence-corrected chi connectivity index (χ4v) is 1.86. The van der Waals surface area contributed by atoms with Gasteiger partial charge in [-0.25, -0.2) is 0 Å². The normalized spacial score (nSPS) is 15.2. The quantitative estimate of drug-likeness (QED) is 0.618. The molecule has 0 aromatic heterocycles. The fraction of sp³-hybridized carbons (Fsp3) is 0.364. The smallest absolute Gasteiger partial charge is 0.289 e. The predicted molar refractivity (Wildman–Crippen MR) is 60.6 cm³/mol. The van der Waals surface area contributed by atoms with Crippen molar-refractivity contribution in [3.63, 3.8) is 0 Å². The van der Waals surface area contributed by atoms with Gasteiger partial charge in [0, 0.05) is 37.4 Å². The molecular formula is C11H11N3O3. The maximum absolute atomic E-state index is 10.8. The number of aliphatic hydroxyl groups is 1. The van der Waals surface area contributed by atoms with E-state index in [1.54, 1.807) is 12.1 Å². The van der Waals surface area contributed by atoms with Gasteiger partial charge in [0.2, 0.25) is 0 Å². The average molecular weight is 233 g/mol. The summed E-state index contributed by atoms with van der Waals surface area (Å²) in [5.41, 5.74) is 0.621. The van der Waals surface area contributed by atoms with Crippen LogP contribution in [0.5, 0.6) is 0 Å². The molecule has 6 heteroatoms. The number of hydrogen-bond acceptors (Lipinski definition) is 5. The van der Waals surface area contributed by atoms with Crippen LogP contribution in [0, 0.1) is 27.4 Å². The number of nitrogens with zero attached hydrogens (tertiary/aromatic N) is 3. The molecule has 0 amide bonds. The lowest BCUT2D eigenvalue weighted by molar-refractivity contribution is -0.385. The van der Waals surface area contributed by atoms with Crippen LogP contribution in [0.2, 0.25) is 0 Å². The molecule has 0 unspecified atom stereocenters. The Labute approximate surface area is 97.8 Å². The molecule has 0 aliphatic carbocycles. The number of nitriles is 1. The second-order valence-corrected chi connectivity index (χ2v) is 4.02. The number of benzene rings is 1. The van der Waals surface area contributed by atoms with Gasteiger partial charge in [-0.05, 0) is 12.1 Å². The van der Waals surface area contributed by atoms with Crippen molar-refractivity contribution in [2.75, 3.05) is 24.6 Å². The van der Waals surface area contributed by atoms with Crippen LogP contribution in [-0.4, -0.2) is 29.7 Å². The van der Waals surface area contributed by atoms with E-state index in [9.17, 15) is 10.1 Å². The van der Waals surface area contributed by atoms with Crippen molar-refractivity contribution in [1.29, 1.82) is 5.26 Å². The van der Waals surface area contributed by atoms with Crippen LogP contribution in [-0.2, 0) is 0 Å². The highest BCUT2D eigenvalue weighted by Gasteiger charge is 2.27. The van der Waals surface area contributed by atoms with E-state index < -0.39 is 4.92 Å². The number of anilines is 1. The Morgan fingerprint density at radius 1 is 1.59 bits per heavy atom. The summed E-state index contributed by atoms with van der Waals surface area (Å²) >= 11 is 0. The maximum Gasteiger partial charge on any atom is 0.289 e. The summed E-state index contributed by atoms with van der Waals surface area (Å²) in [6.07, 6.45) is 0. The van der Waals surface area contributed by atoms with Gasteiger partial charge in [-0.1, -0.05) is 0 Å². The van der Waals surface area contributed by atoms with Gasteiger partial charge in [0.1, 0.15) is 11.6 Å². The summed E-state index contributed by atoms with van der Waals surface area (Å²) in [5, 5.41) is 28.4. The first kappa shape index (κ1) is 11.4. The number of hydrogen-bond donors (Lipinski definition) is 1. The lowest BCUT2D eigenvalue weighted by Gasteiger charge is -2.40. The lowest BCUT2D eigenvalue weighted by atomic mass is 10.00. The zero-order valence-corrected chi connectivity index (χ0v) is 9.04. The van der Waals surface area contributed by atoms with Crippen molar-refractivity contribution in [3.8, 4) is 6.07 Å². The van der Waals surface area contributed by atoms with Crippen LogP contribution in [0.4, 0.5) is 11.4 Å². The van der Waals surface area contributed by atoms with E-state index in [1.807, 2.05) is 4.90 Å². The second kappa shape index (κ2) is 4.39. The van der Waals surface area contributed by atoms with Crippen LogP contribution in [0.3, 0.4) is 0 Å². The molecule has 0 atom stereocenters. The van der Waals surface area contributed by atoms with Gasteiger partial charge in [-0.15, -0.1) is 0 Å². The maximum atomic E-state index is 10.8. The SMILES string of the molecule is N#Cc1ccc(N2CC(CO)C2)cc1[N+](=O)[O-]. The highest BCUT2D eigenvalue weighted by molar-refractivity contribution is 5.61. The van der Waals surface area contributed by atoms with E-state index in [0.717, 1.165) is 5.69 Å². The van der Waals surface area contributed by atoms with E-state index in [2.05, 4.69) is 0 Å². The van der Waals surface area contributed by atoms with Crippen LogP contribution in [0.1, 0.15) is 5.56 Å². The summed E-state index contributed by atoms with van der Waals surface area (Å²) in [4.78, 5) is 12.2. The molecule has 17 heavy (non-hydrogen) atoms. The molecule has 0 radical (unpaired) electrons. The van der Waals surface area contributed by atoms with Crippen LogP contribution < -0.4 is 4.90 Å². The summed E-state index contributed by atoms with van der Waals surface area (Å²) in [6, 6.07) is 6.36. The summed E-state index contributed by atoms with van der Waals surface area (Å²) in [6.45, 7) is 1.52. The predicted octanol–water partition coefficient (Wildman–Crippen LogP) is 0.895.